The minimum Gasteiger partial charge on any atom is -0.455 e. The molecular formula is C33H23BrN2O. The van der Waals surface area contributed by atoms with Crippen molar-refractivity contribution in [1.82, 2.24) is 4.98 Å². The van der Waals surface area contributed by atoms with Gasteiger partial charge in [-0.2, -0.15) is 0 Å². The van der Waals surface area contributed by atoms with Gasteiger partial charge in [-0.3, -0.25) is 0 Å². The molecule has 0 aliphatic heterocycles. The Kier molecular flexibility index (Phi) is 6.25. The molecule has 0 saturated heterocycles. The molecule has 0 N–H and O–H groups in total. The average molecular weight is 543 g/mol. The van der Waals surface area contributed by atoms with E-state index in [4.69, 9.17) is 9.41 Å². The number of rotatable bonds is 6. The monoisotopic (exact) mass is 542 g/mol. The summed E-state index contributed by atoms with van der Waals surface area (Å²) in [6.07, 6.45) is 4.34. The Labute approximate surface area is 224 Å². The Morgan fingerprint density at radius 1 is 0.865 bits per heavy atom. The summed E-state index contributed by atoms with van der Waals surface area (Å²) >= 11 is 3.57. The van der Waals surface area contributed by atoms with E-state index in [1.165, 1.54) is 5.56 Å². The molecule has 4 heteroatoms. The fraction of sp³-hybridized carbons (Fsp3) is 0.0303. The van der Waals surface area contributed by atoms with Gasteiger partial charge in [-0.1, -0.05) is 101 Å². The molecule has 0 radical (unpaired) electrons. The number of aliphatic imine (C=N–C) groups is 1. The maximum Gasteiger partial charge on any atom is 0.155 e. The summed E-state index contributed by atoms with van der Waals surface area (Å²) in [5, 5.41) is 2.21. The minimum absolute atomic E-state index is 0.712. The highest BCUT2D eigenvalue weighted by atomic mass is 79.9. The molecule has 4 aromatic carbocycles. The lowest BCUT2D eigenvalue weighted by molar-refractivity contribution is 0.670. The second-order valence-electron chi connectivity index (χ2n) is 8.85. The van der Waals surface area contributed by atoms with Gasteiger partial charge in [-0.25, -0.2) is 9.98 Å². The van der Waals surface area contributed by atoms with E-state index >= 15 is 0 Å². The lowest BCUT2D eigenvalue weighted by Gasteiger charge is -2.08. The largest absolute Gasteiger partial charge is 0.455 e. The zero-order valence-electron chi connectivity index (χ0n) is 20.1. The SMILES string of the molecule is C=C/C(=N\c1ncccc1Cc1ccccc1)c1ccc(-c2cccc3c2oc2ccc(Br)cc23)cc1. The molecule has 6 rings (SSSR count). The number of hydrogen-bond donors (Lipinski definition) is 0. The van der Waals surface area contributed by atoms with Crippen molar-refractivity contribution >= 4 is 49.4 Å². The van der Waals surface area contributed by atoms with Gasteiger partial charge in [0.1, 0.15) is 11.2 Å². The van der Waals surface area contributed by atoms with Crippen LogP contribution in [0.25, 0.3) is 33.1 Å². The van der Waals surface area contributed by atoms with Crippen molar-refractivity contribution in [3.63, 3.8) is 0 Å². The molecule has 6 aromatic rings. The smallest absolute Gasteiger partial charge is 0.155 e. The third kappa shape index (κ3) is 4.64. The topological polar surface area (TPSA) is 38.4 Å². The van der Waals surface area contributed by atoms with Gasteiger partial charge in [0.05, 0.1) is 5.71 Å². The van der Waals surface area contributed by atoms with E-state index in [-0.39, 0.29) is 0 Å². The zero-order valence-corrected chi connectivity index (χ0v) is 21.7. The van der Waals surface area contributed by atoms with Crippen LogP contribution in [-0.2, 0) is 6.42 Å². The van der Waals surface area contributed by atoms with Gasteiger partial charge in [-0.05, 0) is 41.5 Å². The average Bonchev–Trinajstić information content (AvgIpc) is 3.31. The number of nitrogens with zero attached hydrogens (tertiary/aromatic N) is 2. The first kappa shape index (κ1) is 23.1. The summed E-state index contributed by atoms with van der Waals surface area (Å²) < 4.78 is 7.30. The molecule has 0 aliphatic rings. The number of para-hydroxylation sites is 1. The molecule has 2 heterocycles. The van der Waals surface area contributed by atoms with Gasteiger partial charge in [0, 0.05) is 44.6 Å². The predicted octanol–water partition coefficient (Wildman–Crippen LogP) is 9.31. The Morgan fingerprint density at radius 3 is 2.51 bits per heavy atom. The van der Waals surface area contributed by atoms with E-state index in [0.29, 0.717) is 5.82 Å². The van der Waals surface area contributed by atoms with Gasteiger partial charge in [0.25, 0.3) is 0 Å². The third-order valence-electron chi connectivity index (χ3n) is 6.48. The van der Waals surface area contributed by atoms with Crippen molar-refractivity contribution < 1.29 is 4.42 Å². The maximum absolute atomic E-state index is 6.26. The quantitative estimate of drug-likeness (QED) is 0.196. The molecule has 2 aromatic heterocycles. The molecule has 0 bridgehead atoms. The number of aromatic nitrogens is 1. The van der Waals surface area contributed by atoms with E-state index in [1.54, 1.807) is 12.3 Å². The number of furan rings is 1. The number of fused-ring (bicyclic) bond motifs is 3. The van der Waals surface area contributed by atoms with Crippen LogP contribution in [-0.4, -0.2) is 10.7 Å². The lowest BCUT2D eigenvalue weighted by Crippen LogP contribution is -1.98. The third-order valence-corrected chi connectivity index (χ3v) is 6.97. The van der Waals surface area contributed by atoms with Crippen molar-refractivity contribution in [3.05, 3.63) is 143 Å². The lowest BCUT2D eigenvalue weighted by atomic mass is 10.00. The van der Waals surface area contributed by atoms with E-state index < -0.39 is 0 Å². The van der Waals surface area contributed by atoms with Crippen LogP contribution in [0.3, 0.4) is 0 Å². The highest BCUT2D eigenvalue weighted by molar-refractivity contribution is 9.10. The first-order chi connectivity index (χ1) is 18.2. The summed E-state index contributed by atoms with van der Waals surface area (Å²) in [6.45, 7) is 4.02. The van der Waals surface area contributed by atoms with Crippen LogP contribution >= 0.6 is 15.9 Å². The van der Waals surface area contributed by atoms with Gasteiger partial charge in [-0.15, -0.1) is 0 Å². The summed E-state index contributed by atoms with van der Waals surface area (Å²) in [5.74, 6) is 0.712. The number of hydrogen-bond acceptors (Lipinski definition) is 3. The van der Waals surface area contributed by atoms with Crippen LogP contribution < -0.4 is 0 Å². The minimum atomic E-state index is 0.712. The zero-order chi connectivity index (χ0) is 25.2. The maximum atomic E-state index is 6.26. The van der Waals surface area contributed by atoms with Crippen LogP contribution in [0.4, 0.5) is 5.82 Å². The molecular weight excluding hydrogens is 520 g/mol. The molecule has 0 saturated carbocycles. The first-order valence-corrected chi connectivity index (χ1v) is 12.9. The second kappa shape index (κ2) is 10.00. The molecule has 0 unspecified atom stereocenters. The second-order valence-corrected chi connectivity index (χ2v) is 9.77. The fourth-order valence-corrected chi connectivity index (χ4v) is 5.01. The van der Waals surface area contributed by atoms with Crippen LogP contribution in [0, 0.1) is 0 Å². The highest BCUT2D eigenvalue weighted by Crippen LogP contribution is 2.37. The molecule has 178 valence electrons. The van der Waals surface area contributed by atoms with Crippen LogP contribution in [0.5, 0.6) is 0 Å². The summed E-state index contributed by atoms with van der Waals surface area (Å²) in [4.78, 5) is 9.46. The van der Waals surface area contributed by atoms with Crippen LogP contribution in [0.15, 0.2) is 136 Å². The Morgan fingerprint density at radius 2 is 1.70 bits per heavy atom. The fourth-order valence-electron chi connectivity index (χ4n) is 4.65. The summed E-state index contributed by atoms with van der Waals surface area (Å²) in [5.41, 5.74) is 7.98. The van der Waals surface area contributed by atoms with Crippen molar-refractivity contribution in [2.45, 2.75) is 6.42 Å². The summed E-state index contributed by atoms with van der Waals surface area (Å²) in [7, 11) is 0. The molecule has 3 nitrogen and oxygen atoms in total. The number of benzene rings is 4. The molecule has 0 atom stereocenters. The van der Waals surface area contributed by atoms with E-state index in [0.717, 1.165) is 60.8 Å². The van der Waals surface area contributed by atoms with Crippen LogP contribution in [0.1, 0.15) is 16.7 Å². The molecule has 0 fully saturated rings. The van der Waals surface area contributed by atoms with Crippen molar-refractivity contribution in [2.24, 2.45) is 4.99 Å². The van der Waals surface area contributed by atoms with Gasteiger partial charge < -0.3 is 4.42 Å². The van der Waals surface area contributed by atoms with E-state index in [1.807, 2.05) is 24.3 Å². The number of halogens is 1. The van der Waals surface area contributed by atoms with E-state index in [2.05, 4.69) is 106 Å². The van der Waals surface area contributed by atoms with Crippen molar-refractivity contribution in [1.29, 1.82) is 0 Å². The van der Waals surface area contributed by atoms with Crippen molar-refractivity contribution in [2.75, 3.05) is 0 Å². The molecule has 37 heavy (non-hydrogen) atoms. The first-order valence-electron chi connectivity index (χ1n) is 12.1. The van der Waals surface area contributed by atoms with E-state index in [9.17, 15) is 0 Å². The Balaban J connectivity index is 1.35. The Hall–Kier alpha value is -4.28. The van der Waals surface area contributed by atoms with Crippen LogP contribution in [0.2, 0.25) is 0 Å². The molecule has 0 amide bonds. The molecule has 0 aliphatic carbocycles. The Bertz CT molecular complexity index is 1770. The van der Waals surface area contributed by atoms with Gasteiger partial charge in [0.15, 0.2) is 5.82 Å². The normalized spacial score (nSPS) is 11.8. The van der Waals surface area contributed by atoms with Crippen molar-refractivity contribution in [3.8, 4) is 11.1 Å². The number of pyridine rings is 1. The standard InChI is InChI=1S/C33H23BrN2O/c1-2-30(36-33-25(10-7-19-35-33)20-22-8-4-3-5-9-22)24-15-13-23(14-16-24)27-11-6-12-28-29-21-26(34)17-18-31(29)37-32(27)28/h2-19,21H,1,20H2/b36-30+. The highest BCUT2D eigenvalue weighted by Gasteiger charge is 2.13. The summed E-state index contributed by atoms with van der Waals surface area (Å²) in [6, 6.07) is 35.2. The number of allylic oxidation sites excluding steroid dienone is 1. The van der Waals surface area contributed by atoms with Gasteiger partial charge >= 0.3 is 0 Å². The molecule has 0 spiro atoms. The van der Waals surface area contributed by atoms with Gasteiger partial charge in [0.2, 0.25) is 0 Å². The predicted molar refractivity (Wildman–Crippen MR) is 157 cm³/mol.